The number of hydrogen-bond acceptors (Lipinski definition) is 8. The lowest BCUT2D eigenvalue weighted by Gasteiger charge is -2.33. The Kier molecular flexibility index (Phi) is 13.1. The summed E-state index contributed by atoms with van der Waals surface area (Å²) in [6.45, 7) is 4.22. The van der Waals surface area contributed by atoms with Crippen LogP contribution in [0.2, 0.25) is 0 Å². The third-order valence-corrected chi connectivity index (χ3v) is 8.33. The summed E-state index contributed by atoms with van der Waals surface area (Å²) >= 11 is 3.38. The van der Waals surface area contributed by atoms with E-state index < -0.39 is 0 Å². The normalized spacial score (nSPS) is 14.4. The number of anilines is 2. The predicted octanol–water partition coefficient (Wildman–Crippen LogP) is 8.22. The molecule has 0 saturated carbocycles. The summed E-state index contributed by atoms with van der Waals surface area (Å²) < 4.78 is 6.29. The van der Waals surface area contributed by atoms with Crippen molar-refractivity contribution in [3.8, 4) is 11.5 Å². The maximum atomic E-state index is 6.29. The number of piperidine rings is 1. The highest BCUT2D eigenvalue weighted by Crippen LogP contribution is 2.45. The zero-order valence-electron chi connectivity index (χ0n) is 21.1. The minimum absolute atomic E-state index is 0. The largest absolute Gasteiger partial charge is 0.453 e. The first-order chi connectivity index (χ1) is 17.1. The number of benzene rings is 1. The number of aryl methyl sites for hydroxylation is 1. The van der Waals surface area contributed by atoms with E-state index in [-0.39, 0.29) is 42.5 Å². The maximum Gasteiger partial charge on any atom is 0.188 e. The van der Waals surface area contributed by atoms with E-state index in [4.69, 9.17) is 14.7 Å². The SMILES string of the molecule is Cc1csc(Nc2ncc(SC(c3ccccn3)C3CCN(C)CC3)cc2Oc2ccccc2)n1.Cl.Cl.Cl. The Morgan fingerprint density at radius 2 is 1.76 bits per heavy atom. The van der Waals surface area contributed by atoms with Crippen molar-refractivity contribution in [3.05, 3.63) is 83.8 Å². The van der Waals surface area contributed by atoms with E-state index in [0.717, 1.165) is 53.1 Å². The molecule has 5 rings (SSSR count). The van der Waals surface area contributed by atoms with Gasteiger partial charge in [-0.1, -0.05) is 24.3 Å². The van der Waals surface area contributed by atoms with Gasteiger partial charge in [0.25, 0.3) is 0 Å². The van der Waals surface area contributed by atoms with Crippen molar-refractivity contribution in [2.45, 2.75) is 29.9 Å². The molecule has 1 fully saturated rings. The average molecular weight is 613 g/mol. The molecular weight excluding hydrogens is 581 g/mol. The zero-order valence-corrected chi connectivity index (χ0v) is 25.2. The number of nitrogens with one attached hydrogen (secondary N) is 1. The van der Waals surface area contributed by atoms with Gasteiger partial charge in [-0.2, -0.15) is 0 Å². The first-order valence-electron chi connectivity index (χ1n) is 11.8. The number of nitrogens with zero attached hydrogens (tertiary/aromatic N) is 4. The highest BCUT2D eigenvalue weighted by Gasteiger charge is 2.29. The molecule has 1 aliphatic heterocycles. The summed E-state index contributed by atoms with van der Waals surface area (Å²) in [5.74, 6) is 2.66. The summed E-state index contributed by atoms with van der Waals surface area (Å²) in [5, 5.41) is 6.41. The van der Waals surface area contributed by atoms with Crippen molar-refractivity contribution in [1.29, 1.82) is 0 Å². The number of para-hydroxylation sites is 1. The lowest BCUT2D eigenvalue weighted by atomic mass is 9.91. The minimum Gasteiger partial charge on any atom is -0.453 e. The Hall–Kier alpha value is -2.07. The fraction of sp³-hybridized carbons (Fsp3) is 0.296. The van der Waals surface area contributed by atoms with E-state index in [9.17, 15) is 0 Å². The van der Waals surface area contributed by atoms with Crippen LogP contribution in [-0.4, -0.2) is 40.0 Å². The molecule has 0 bridgehead atoms. The van der Waals surface area contributed by atoms with Gasteiger partial charge in [0.1, 0.15) is 5.75 Å². The minimum atomic E-state index is 0. The standard InChI is InChI=1S/C27H29N5OS2.3ClH/c1-19-18-34-27(30-19)31-26-24(33-21-8-4-3-5-9-21)16-22(17-29-26)35-25(23-10-6-7-13-28-23)20-11-14-32(2)15-12-20;;;/h3-10,13,16-18,20,25H,11-12,14-15H2,1-2H3,(H,29,30,31);3*1H. The molecule has 0 aliphatic carbocycles. The molecule has 4 aromatic rings. The summed E-state index contributed by atoms with van der Waals surface area (Å²) in [7, 11) is 2.20. The number of halogens is 3. The molecule has 11 heteroatoms. The first kappa shape index (κ1) is 32.1. The summed E-state index contributed by atoms with van der Waals surface area (Å²) in [6.07, 6.45) is 6.14. The smallest absolute Gasteiger partial charge is 0.188 e. The van der Waals surface area contributed by atoms with Gasteiger partial charge in [-0.15, -0.1) is 60.3 Å². The van der Waals surface area contributed by atoms with E-state index in [2.05, 4.69) is 40.4 Å². The molecule has 0 radical (unpaired) electrons. The lowest BCUT2D eigenvalue weighted by Crippen LogP contribution is -2.32. The number of ether oxygens (including phenoxy) is 1. The number of likely N-dealkylation sites (tertiary alicyclic amines) is 1. The fourth-order valence-corrected chi connectivity index (χ4v) is 6.21. The van der Waals surface area contributed by atoms with Gasteiger partial charge in [-0.3, -0.25) is 4.98 Å². The second-order valence-electron chi connectivity index (χ2n) is 8.79. The highest BCUT2D eigenvalue weighted by molar-refractivity contribution is 7.99. The Balaban J connectivity index is 0.00000169. The van der Waals surface area contributed by atoms with Crippen LogP contribution in [0.25, 0.3) is 0 Å². The average Bonchev–Trinajstić information content (AvgIpc) is 3.30. The Labute approximate surface area is 251 Å². The highest BCUT2D eigenvalue weighted by atomic mass is 35.5. The van der Waals surface area contributed by atoms with Gasteiger partial charge in [0.05, 0.1) is 16.6 Å². The van der Waals surface area contributed by atoms with Crippen LogP contribution in [0.1, 0.15) is 29.5 Å². The lowest BCUT2D eigenvalue weighted by molar-refractivity contribution is 0.216. The van der Waals surface area contributed by atoms with Gasteiger partial charge < -0.3 is 15.0 Å². The first-order valence-corrected chi connectivity index (χ1v) is 13.6. The molecule has 1 N–H and O–H groups in total. The Morgan fingerprint density at radius 3 is 2.42 bits per heavy atom. The number of aromatic nitrogens is 3. The molecule has 1 unspecified atom stereocenters. The van der Waals surface area contributed by atoms with E-state index >= 15 is 0 Å². The molecule has 1 saturated heterocycles. The van der Waals surface area contributed by atoms with Crippen LogP contribution in [0, 0.1) is 12.8 Å². The predicted molar refractivity (Wildman–Crippen MR) is 166 cm³/mol. The summed E-state index contributed by atoms with van der Waals surface area (Å²) in [6, 6.07) is 18.1. The Morgan fingerprint density at radius 1 is 1.03 bits per heavy atom. The molecular formula is C27H32Cl3N5OS2. The van der Waals surface area contributed by atoms with Crippen LogP contribution in [-0.2, 0) is 0 Å². The van der Waals surface area contributed by atoms with E-state index in [0.29, 0.717) is 17.5 Å². The van der Waals surface area contributed by atoms with Gasteiger partial charge in [-0.05, 0) is 76.2 Å². The van der Waals surface area contributed by atoms with Crippen molar-refractivity contribution in [3.63, 3.8) is 0 Å². The molecule has 3 aromatic heterocycles. The molecule has 0 amide bonds. The third-order valence-electron chi connectivity index (χ3n) is 6.08. The fourth-order valence-electron chi connectivity index (χ4n) is 4.21. The summed E-state index contributed by atoms with van der Waals surface area (Å²) in [5.41, 5.74) is 2.10. The molecule has 1 aliphatic rings. The molecule has 204 valence electrons. The van der Waals surface area contributed by atoms with E-state index in [1.165, 1.54) is 0 Å². The van der Waals surface area contributed by atoms with E-state index in [1.807, 2.05) is 72.9 Å². The van der Waals surface area contributed by atoms with Gasteiger partial charge in [-0.25, -0.2) is 9.97 Å². The van der Waals surface area contributed by atoms with Gasteiger partial charge in [0, 0.05) is 22.7 Å². The zero-order chi connectivity index (χ0) is 24.0. The van der Waals surface area contributed by atoms with Crippen molar-refractivity contribution < 1.29 is 4.74 Å². The van der Waals surface area contributed by atoms with Crippen LogP contribution >= 0.6 is 60.3 Å². The maximum absolute atomic E-state index is 6.29. The number of pyridine rings is 2. The molecule has 4 heterocycles. The van der Waals surface area contributed by atoms with Crippen LogP contribution < -0.4 is 10.1 Å². The second-order valence-corrected chi connectivity index (χ2v) is 10.9. The van der Waals surface area contributed by atoms with Crippen LogP contribution in [0.3, 0.4) is 0 Å². The van der Waals surface area contributed by atoms with Crippen molar-refractivity contribution >= 4 is 71.3 Å². The second kappa shape index (κ2) is 15.5. The van der Waals surface area contributed by atoms with Crippen molar-refractivity contribution in [2.24, 2.45) is 5.92 Å². The van der Waals surface area contributed by atoms with Gasteiger partial charge in [0.2, 0.25) is 0 Å². The molecule has 6 nitrogen and oxygen atoms in total. The molecule has 38 heavy (non-hydrogen) atoms. The Bertz CT molecular complexity index is 1240. The van der Waals surface area contributed by atoms with E-state index in [1.54, 1.807) is 11.3 Å². The van der Waals surface area contributed by atoms with Crippen LogP contribution in [0.5, 0.6) is 11.5 Å². The molecule has 1 atom stereocenters. The molecule has 1 aromatic carbocycles. The van der Waals surface area contributed by atoms with Crippen LogP contribution in [0.15, 0.2) is 77.3 Å². The topological polar surface area (TPSA) is 63.2 Å². The summed E-state index contributed by atoms with van der Waals surface area (Å²) in [4.78, 5) is 17.5. The molecule has 0 spiro atoms. The van der Waals surface area contributed by atoms with Crippen molar-refractivity contribution in [2.75, 3.05) is 25.5 Å². The monoisotopic (exact) mass is 611 g/mol. The van der Waals surface area contributed by atoms with Gasteiger partial charge in [0.15, 0.2) is 16.7 Å². The number of hydrogen-bond donors (Lipinski definition) is 1. The quantitative estimate of drug-likeness (QED) is 0.201. The van der Waals surface area contributed by atoms with Gasteiger partial charge >= 0.3 is 0 Å². The number of thiazole rings is 1. The van der Waals surface area contributed by atoms with Crippen LogP contribution in [0.4, 0.5) is 10.9 Å². The van der Waals surface area contributed by atoms with Crippen molar-refractivity contribution in [1.82, 2.24) is 19.9 Å². The number of thioether (sulfide) groups is 1. The third kappa shape index (κ3) is 8.46. The number of rotatable bonds is 8.